The van der Waals surface area contributed by atoms with Crippen molar-refractivity contribution in [3.8, 4) is 0 Å². The zero-order chi connectivity index (χ0) is 63.2. The highest BCUT2D eigenvalue weighted by molar-refractivity contribution is 7.87. The SMILES string of the molecule is CCCCCCCCCCC[N+](C)(C)CCC[Si](OC(CN1CCN(CC(O)CS(=O)(=O)O)CC1)CS(=O)(=O)O)(OC(CN1CCN(CC(O)CS(=O)(=O)O)CC1)CS(=O)(=O)O)OC(CN1CCN(CC(O)CS(=O)(=O)O)CC1)CS(=O)(=O)O. The Labute approximate surface area is 500 Å². The predicted molar refractivity (Wildman–Crippen MR) is 314 cm³/mol. The van der Waals surface area contributed by atoms with Crippen LogP contribution in [0.1, 0.15) is 71.1 Å². The summed E-state index contributed by atoms with van der Waals surface area (Å²) in [6.07, 6.45) is 0.874. The number of nitrogens with zero attached hydrogens (tertiary/aromatic N) is 7. The van der Waals surface area contributed by atoms with E-state index in [1.54, 1.807) is 29.4 Å². The third-order valence-electron chi connectivity index (χ3n) is 14.7. The van der Waals surface area contributed by atoms with Crippen LogP contribution in [0.15, 0.2) is 0 Å². The summed E-state index contributed by atoms with van der Waals surface area (Å²) in [5.41, 5.74) is 0. The molecule has 500 valence electrons. The molecule has 0 bridgehead atoms. The predicted octanol–water partition coefficient (Wildman–Crippen LogP) is -2.66. The minimum atomic E-state index is -4.96. The molecule has 3 rings (SSSR count). The highest BCUT2D eigenvalue weighted by Gasteiger charge is 2.50. The maximum atomic E-state index is 13.0. The van der Waals surface area contributed by atoms with Crippen LogP contribution in [-0.2, 0) is 74.0 Å². The zero-order valence-electron chi connectivity index (χ0n) is 48.9. The summed E-state index contributed by atoms with van der Waals surface area (Å²) in [5, 5.41) is 31.1. The van der Waals surface area contributed by atoms with Crippen LogP contribution in [0.5, 0.6) is 0 Å². The minimum Gasteiger partial charge on any atom is -0.391 e. The monoisotopic (exact) mass is 1350 g/mol. The van der Waals surface area contributed by atoms with Crippen molar-refractivity contribution in [1.29, 1.82) is 0 Å². The van der Waals surface area contributed by atoms with Crippen molar-refractivity contribution in [2.24, 2.45) is 0 Å². The number of hydrogen-bond acceptors (Lipinski definition) is 24. The van der Waals surface area contributed by atoms with Gasteiger partial charge in [0.1, 0.15) is 34.5 Å². The second-order valence-electron chi connectivity index (χ2n) is 23.5. The summed E-state index contributed by atoms with van der Waals surface area (Å²) in [7, 11) is -29.4. The number of quaternary nitrogens is 1. The average molecular weight is 1350 g/mol. The van der Waals surface area contributed by atoms with E-state index in [0.29, 0.717) is 17.6 Å². The first-order valence-corrected chi connectivity index (χ1v) is 40.2. The second kappa shape index (κ2) is 35.7. The molecule has 0 spiro atoms. The Morgan fingerprint density at radius 3 is 0.833 bits per heavy atom. The molecular formula is C46H98N7O24S6Si+. The summed E-state index contributed by atoms with van der Waals surface area (Å²) in [6, 6.07) is -0.253. The quantitative estimate of drug-likeness (QED) is 0.0130. The largest absolute Gasteiger partial charge is 0.502 e. The molecule has 3 saturated heterocycles. The second-order valence-corrected chi connectivity index (χ2v) is 35.0. The molecule has 3 fully saturated rings. The molecule has 6 unspecified atom stereocenters. The van der Waals surface area contributed by atoms with E-state index in [1.165, 1.54) is 19.3 Å². The highest BCUT2D eigenvalue weighted by Crippen LogP contribution is 2.29. The lowest BCUT2D eigenvalue weighted by atomic mass is 10.1. The van der Waals surface area contributed by atoms with Gasteiger partial charge in [0.25, 0.3) is 60.7 Å². The third-order valence-corrected chi connectivity index (χ3v) is 22.6. The van der Waals surface area contributed by atoms with Crippen LogP contribution in [0.2, 0.25) is 6.04 Å². The van der Waals surface area contributed by atoms with E-state index >= 15 is 0 Å². The molecule has 6 atom stereocenters. The summed E-state index contributed by atoms with van der Waals surface area (Å²) < 4.78 is 227. The fraction of sp³-hybridized carbons (Fsp3) is 1.00. The standard InChI is InChI=1S/C46H97N7O24S6Si/c1-4-5-6-7-8-9-10-11-12-26-53(2,3)27-13-28-84(75-44(38-81(66,67)68)32-50-20-14-47(15-21-50)29-41(54)35-78(57,58)59,76-45(39-82(69,70)71)33-51-22-16-48(17-23-51)30-42(55)36-79(60,61)62)77-46(40-83(72,73)74)34-52-24-18-49(19-25-52)31-43(56)37-80(63,64)65/h41-46,54-56H,4-40H2,1-3H3,(H5-,57,58,59,60,61,62,63,64,65,66,67,68,69,70,71,72,73,74)/p+1. The van der Waals surface area contributed by atoms with Gasteiger partial charge in [-0.05, 0) is 12.8 Å². The molecule has 9 N–H and O–H groups in total. The Morgan fingerprint density at radius 1 is 0.357 bits per heavy atom. The Morgan fingerprint density at radius 2 is 0.583 bits per heavy atom. The Balaban J connectivity index is 2.13. The molecule has 0 saturated carbocycles. The number of hydrogen-bond donors (Lipinski definition) is 9. The molecule has 38 heteroatoms. The topological polar surface area (TPSA) is 434 Å². The molecule has 3 aliphatic rings. The zero-order valence-corrected chi connectivity index (χ0v) is 54.8. The van der Waals surface area contributed by atoms with Crippen molar-refractivity contribution in [1.82, 2.24) is 29.4 Å². The van der Waals surface area contributed by atoms with Gasteiger partial charge in [-0.15, -0.1) is 0 Å². The van der Waals surface area contributed by atoms with Crippen LogP contribution in [-0.4, -0.2) is 352 Å². The van der Waals surface area contributed by atoms with Crippen molar-refractivity contribution in [3.05, 3.63) is 0 Å². The smallest absolute Gasteiger partial charge is 0.391 e. The molecular weight excluding hydrogens is 1260 g/mol. The van der Waals surface area contributed by atoms with Crippen LogP contribution in [0.25, 0.3) is 0 Å². The van der Waals surface area contributed by atoms with Gasteiger partial charge in [0.15, 0.2) is 0 Å². The van der Waals surface area contributed by atoms with Gasteiger partial charge < -0.3 is 33.1 Å². The maximum absolute atomic E-state index is 13.0. The number of aliphatic hydroxyl groups excluding tert-OH is 3. The van der Waals surface area contributed by atoms with Crippen molar-refractivity contribution < 1.29 is 111 Å². The summed E-state index contributed by atoms with van der Waals surface area (Å²) in [4.78, 5) is 10.3. The number of aliphatic hydroxyl groups is 3. The van der Waals surface area contributed by atoms with Gasteiger partial charge in [0.2, 0.25) is 0 Å². The van der Waals surface area contributed by atoms with Crippen molar-refractivity contribution in [3.63, 3.8) is 0 Å². The molecule has 3 aliphatic heterocycles. The van der Waals surface area contributed by atoms with E-state index in [2.05, 4.69) is 6.92 Å². The number of unbranched alkanes of at least 4 members (excludes halogenated alkanes) is 8. The maximum Gasteiger partial charge on any atom is 0.502 e. The van der Waals surface area contributed by atoms with Crippen LogP contribution >= 0.6 is 0 Å². The molecule has 0 aliphatic carbocycles. The van der Waals surface area contributed by atoms with Crippen molar-refractivity contribution in [2.75, 3.05) is 180 Å². The summed E-state index contributed by atoms with van der Waals surface area (Å²) >= 11 is 0. The Kier molecular flexibility index (Phi) is 32.9. The Bertz CT molecular complexity index is 2360. The van der Waals surface area contributed by atoms with Gasteiger partial charge in [0, 0.05) is 130 Å². The number of piperazine rings is 3. The van der Waals surface area contributed by atoms with E-state index in [9.17, 15) is 93.1 Å². The van der Waals surface area contributed by atoms with Crippen LogP contribution in [0.4, 0.5) is 0 Å². The first kappa shape index (κ1) is 77.4. The van der Waals surface area contributed by atoms with Gasteiger partial charge in [-0.1, -0.05) is 51.9 Å². The molecule has 0 aromatic heterocycles. The molecule has 0 aromatic rings. The van der Waals surface area contributed by atoms with Crippen molar-refractivity contribution in [2.45, 2.75) is 114 Å². The van der Waals surface area contributed by atoms with E-state index in [-0.39, 0.29) is 130 Å². The average Bonchev–Trinajstić information content (AvgIpc) is 2.35. The summed E-state index contributed by atoms with van der Waals surface area (Å²) in [6.45, 7) is 4.01. The number of rotatable bonds is 44. The summed E-state index contributed by atoms with van der Waals surface area (Å²) in [5.74, 6) is -6.08. The first-order chi connectivity index (χ1) is 38.7. The van der Waals surface area contributed by atoms with Gasteiger partial charge in [-0.2, -0.15) is 50.5 Å². The van der Waals surface area contributed by atoms with Gasteiger partial charge in [-0.3, -0.25) is 56.7 Å². The fourth-order valence-electron chi connectivity index (χ4n) is 10.9. The van der Waals surface area contributed by atoms with Crippen LogP contribution in [0.3, 0.4) is 0 Å². The van der Waals surface area contributed by atoms with E-state index in [4.69, 9.17) is 13.3 Å². The van der Waals surface area contributed by atoms with E-state index in [0.717, 1.165) is 38.5 Å². The van der Waals surface area contributed by atoms with E-state index < -0.39 is 141 Å². The lowest BCUT2D eigenvalue weighted by Gasteiger charge is -2.43. The lowest BCUT2D eigenvalue weighted by Crippen LogP contribution is -2.60. The molecule has 31 nitrogen and oxygen atoms in total. The van der Waals surface area contributed by atoms with Crippen LogP contribution < -0.4 is 0 Å². The molecule has 0 radical (unpaired) electrons. The lowest BCUT2D eigenvalue weighted by molar-refractivity contribution is -0.890. The van der Waals surface area contributed by atoms with Crippen molar-refractivity contribution >= 4 is 69.5 Å². The molecule has 0 amide bonds. The third kappa shape index (κ3) is 37.3. The molecule has 0 aromatic carbocycles. The normalized spacial score (nSPS) is 21.0. The van der Waals surface area contributed by atoms with Gasteiger partial charge >= 0.3 is 8.80 Å². The fourth-order valence-corrected chi connectivity index (χ4v) is 18.1. The van der Waals surface area contributed by atoms with E-state index in [1.807, 2.05) is 14.1 Å². The minimum absolute atomic E-state index is 0.148. The van der Waals surface area contributed by atoms with Gasteiger partial charge in [0.05, 0.1) is 63.8 Å². The first-order valence-electron chi connectivity index (χ1n) is 28.6. The van der Waals surface area contributed by atoms with Crippen LogP contribution in [0, 0.1) is 0 Å². The number of β-amino-alcohol motifs (C(OH)–C–C–N with tert-alkyl or cyclic N) is 3. The molecule has 3 heterocycles. The molecule has 84 heavy (non-hydrogen) atoms. The van der Waals surface area contributed by atoms with Gasteiger partial charge in [-0.25, -0.2) is 0 Å². The highest BCUT2D eigenvalue weighted by atomic mass is 32.2. The Hall–Kier alpha value is -0.843.